The van der Waals surface area contributed by atoms with Crippen LogP contribution < -0.4 is 5.73 Å². The molecule has 0 amide bonds. The third-order valence-corrected chi connectivity index (χ3v) is 3.73. The minimum Gasteiger partial charge on any atom is -0.399 e. The molecule has 2 N–H and O–H groups in total. The smallest absolute Gasteiger partial charge is 0.0316 e. The third-order valence-electron chi connectivity index (χ3n) is 3.73. The van der Waals surface area contributed by atoms with Crippen molar-refractivity contribution in [2.24, 2.45) is 11.8 Å². The summed E-state index contributed by atoms with van der Waals surface area (Å²) >= 11 is 0. The van der Waals surface area contributed by atoms with Gasteiger partial charge in [0.1, 0.15) is 0 Å². The van der Waals surface area contributed by atoms with Crippen LogP contribution in [0.25, 0.3) is 0 Å². The molecule has 1 aliphatic rings. The van der Waals surface area contributed by atoms with Crippen LogP contribution in [-0.2, 0) is 6.42 Å². The van der Waals surface area contributed by atoms with Gasteiger partial charge in [-0.25, -0.2) is 0 Å². The predicted molar refractivity (Wildman–Crippen MR) is 69.3 cm³/mol. The third kappa shape index (κ3) is 2.76. The number of nitrogens with two attached hydrogens (primary N) is 1. The van der Waals surface area contributed by atoms with E-state index >= 15 is 0 Å². The molecule has 1 fully saturated rings. The summed E-state index contributed by atoms with van der Waals surface area (Å²) in [7, 11) is 0. The van der Waals surface area contributed by atoms with Crippen LogP contribution >= 0.6 is 0 Å². The van der Waals surface area contributed by atoms with Crippen LogP contribution in [0.5, 0.6) is 0 Å². The van der Waals surface area contributed by atoms with Crippen LogP contribution in [0.1, 0.15) is 19.4 Å². The van der Waals surface area contributed by atoms with E-state index in [0.717, 1.165) is 30.5 Å². The van der Waals surface area contributed by atoms with Gasteiger partial charge < -0.3 is 10.6 Å². The lowest BCUT2D eigenvalue weighted by Crippen LogP contribution is -2.23. The monoisotopic (exact) mass is 218 g/mol. The summed E-state index contributed by atoms with van der Waals surface area (Å²) < 4.78 is 0. The molecule has 1 saturated heterocycles. The molecule has 0 aliphatic carbocycles. The number of anilines is 1. The topological polar surface area (TPSA) is 29.3 Å². The SMILES string of the molecule is C[C@@H]1CN(CCc2cccc(N)c2)C[C@H]1C. The number of hydrogen-bond donors (Lipinski definition) is 1. The highest BCUT2D eigenvalue weighted by Crippen LogP contribution is 2.22. The maximum Gasteiger partial charge on any atom is 0.0316 e. The molecule has 0 saturated carbocycles. The lowest BCUT2D eigenvalue weighted by molar-refractivity contribution is 0.328. The summed E-state index contributed by atoms with van der Waals surface area (Å²) in [6.07, 6.45) is 1.12. The van der Waals surface area contributed by atoms with Gasteiger partial charge in [0.25, 0.3) is 0 Å². The summed E-state index contributed by atoms with van der Waals surface area (Å²) in [6, 6.07) is 8.24. The first-order valence-electron chi connectivity index (χ1n) is 6.22. The highest BCUT2D eigenvalue weighted by molar-refractivity contribution is 5.40. The average molecular weight is 218 g/mol. The Kier molecular flexibility index (Phi) is 3.49. The van der Waals surface area contributed by atoms with Crippen LogP contribution in [0.4, 0.5) is 5.69 Å². The predicted octanol–water partition coefficient (Wildman–Crippen LogP) is 2.40. The summed E-state index contributed by atoms with van der Waals surface area (Å²) in [5.74, 6) is 1.70. The summed E-state index contributed by atoms with van der Waals surface area (Å²) in [6.45, 7) is 8.38. The molecule has 0 unspecified atom stereocenters. The Balaban J connectivity index is 1.84. The van der Waals surface area contributed by atoms with Crippen molar-refractivity contribution < 1.29 is 0 Å². The van der Waals surface area contributed by atoms with Crippen molar-refractivity contribution in [3.05, 3.63) is 29.8 Å². The zero-order valence-corrected chi connectivity index (χ0v) is 10.3. The van der Waals surface area contributed by atoms with Crippen molar-refractivity contribution in [1.29, 1.82) is 0 Å². The van der Waals surface area contributed by atoms with Crippen LogP contribution in [0, 0.1) is 11.8 Å². The molecule has 0 aromatic heterocycles. The Bertz CT molecular complexity index is 338. The van der Waals surface area contributed by atoms with E-state index < -0.39 is 0 Å². The van der Waals surface area contributed by atoms with E-state index in [1.807, 2.05) is 12.1 Å². The van der Waals surface area contributed by atoms with Gasteiger partial charge in [0.15, 0.2) is 0 Å². The van der Waals surface area contributed by atoms with E-state index in [-0.39, 0.29) is 0 Å². The number of hydrogen-bond acceptors (Lipinski definition) is 2. The highest BCUT2D eigenvalue weighted by atomic mass is 15.1. The van der Waals surface area contributed by atoms with E-state index in [2.05, 4.69) is 30.9 Å². The van der Waals surface area contributed by atoms with Gasteiger partial charge in [-0.15, -0.1) is 0 Å². The second-order valence-corrected chi connectivity index (χ2v) is 5.21. The van der Waals surface area contributed by atoms with E-state index in [1.165, 1.54) is 18.7 Å². The van der Waals surface area contributed by atoms with Gasteiger partial charge in [-0.3, -0.25) is 0 Å². The zero-order valence-electron chi connectivity index (χ0n) is 10.3. The molecule has 2 nitrogen and oxygen atoms in total. The van der Waals surface area contributed by atoms with Crippen molar-refractivity contribution in [1.82, 2.24) is 4.90 Å². The first kappa shape index (κ1) is 11.5. The van der Waals surface area contributed by atoms with Gasteiger partial charge >= 0.3 is 0 Å². The first-order chi connectivity index (χ1) is 7.65. The lowest BCUT2D eigenvalue weighted by atomic mass is 10.0. The van der Waals surface area contributed by atoms with E-state index in [1.54, 1.807) is 0 Å². The van der Waals surface area contributed by atoms with Crippen LogP contribution in [0.3, 0.4) is 0 Å². The molecule has 16 heavy (non-hydrogen) atoms. The average Bonchev–Trinajstić information content (AvgIpc) is 2.56. The molecule has 1 heterocycles. The highest BCUT2D eigenvalue weighted by Gasteiger charge is 2.25. The standard InChI is InChI=1S/C14H22N2/c1-11-9-16(10-12(11)2)7-6-13-4-3-5-14(15)8-13/h3-5,8,11-12H,6-7,9-10,15H2,1-2H3/t11-,12-/m1/s1. The number of benzene rings is 1. The molecule has 88 valence electrons. The van der Waals surface area contributed by atoms with Crippen molar-refractivity contribution in [3.63, 3.8) is 0 Å². The van der Waals surface area contributed by atoms with Crippen molar-refractivity contribution in [2.45, 2.75) is 20.3 Å². The Labute approximate surface area is 98.4 Å². The second kappa shape index (κ2) is 4.88. The fourth-order valence-electron chi connectivity index (χ4n) is 2.47. The molecule has 0 bridgehead atoms. The Morgan fingerprint density at radius 3 is 2.56 bits per heavy atom. The van der Waals surface area contributed by atoms with E-state index in [9.17, 15) is 0 Å². The van der Waals surface area contributed by atoms with Gasteiger partial charge in [0.05, 0.1) is 0 Å². The molecular weight excluding hydrogens is 196 g/mol. The van der Waals surface area contributed by atoms with Crippen molar-refractivity contribution in [2.75, 3.05) is 25.4 Å². The second-order valence-electron chi connectivity index (χ2n) is 5.21. The van der Waals surface area contributed by atoms with Gasteiger partial charge in [-0.05, 0) is 36.0 Å². The number of nitrogen functional groups attached to an aromatic ring is 1. The van der Waals surface area contributed by atoms with Gasteiger partial charge in [0, 0.05) is 25.3 Å². The van der Waals surface area contributed by atoms with Gasteiger partial charge in [-0.2, -0.15) is 0 Å². The molecule has 1 aliphatic heterocycles. The molecule has 0 spiro atoms. The lowest BCUT2D eigenvalue weighted by Gasteiger charge is -2.15. The summed E-state index contributed by atoms with van der Waals surface area (Å²) in [5.41, 5.74) is 8.00. The maximum atomic E-state index is 5.77. The Hall–Kier alpha value is -1.02. The molecule has 0 radical (unpaired) electrons. The number of nitrogens with zero attached hydrogens (tertiary/aromatic N) is 1. The molecule has 1 aromatic carbocycles. The normalized spacial score (nSPS) is 26.1. The molecule has 2 heteroatoms. The zero-order chi connectivity index (χ0) is 11.5. The van der Waals surface area contributed by atoms with Crippen molar-refractivity contribution >= 4 is 5.69 Å². The summed E-state index contributed by atoms with van der Waals surface area (Å²) in [4.78, 5) is 2.57. The molecular formula is C14H22N2. The minimum atomic E-state index is 0.848. The largest absolute Gasteiger partial charge is 0.399 e. The van der Waals surface area contributed by atoms with Crippen molar-refractivity contribution in [3.8, 4) is 0 Å². The van der Waals surface area contributed by atoms with E-state index in [0.29, 0.717) is 0 Å². The minimum absolute atomic E-state index is 0.848. The van der Waals surface area contributed by atoms with Crippen LogP contribution in [0.15, 0.2) is 24.3 Å². The van der Waals surface area contributed by atoms with Gasteiger partial charge in [0.2, 0.25) is 0 Å². The molecule has 1 aromatic rings. The maximum absolute atomic E-state index is 5.77. The Morgan fingerprint density at radius 1 is 1.25 bits per heavy atom. The number of rotatable bonds is 3. The summed E-state index contributed by atoms with van der Waals surface area (Å²) in [5, 5.41) is 0. The fraction of sp³-hybridized carbons (Fsp3) is 0.571. The molecule has 2 atom stereocenters. The molecule has 2 rings (SSSR count). The Morgan fingerprint density at radius 2 is 1.94 bits per heavy atom. The van der Waals surface area contributed by atoms with E-state index in [4.69, 9.17) is 5.73 Å². The first-order valence-corrected chi connectivity index (χ1v) is 6.22. The van der Waals surface area contributed by atoms with Crippen LogP contribution in [-0.4, -0.2) is 24.5 Å². The number of likely N-dealkylation sites (tertiary alicyclic amines) is 1. The van der Waals surface area contributed by atoms with Gasteiger partial charge in [-0.1, -0.05) is 26.0 Å². The van der Waals surface area contributed by atoms with Crippen LogP contribution in [0.2, 0.25) is 0 Å². The fourth-order valence-corrected chi connectivity index (χ4v) is 2.47. The quantitative estimate of drug-likeness (QED) is 0.789.